The van der Waals surface area contributed by atoms with Crippen LogP contribution in [-0.4, -0.2) is 29.8 Å². The predicted molar refractivity (Wildman–Crippen MR) is 146 cm³/mol. The smallest absolute Gasteiger partial charge is 0.307 e. The van der Waals surface area contributed by atoms with Crippen molar-refractivity contribution in [1.82, 2.24) is 9.99 Å². The summed E-state index contributed by atoms with van der Waals surface area (Å²) >= 11 is 0. The van der Waals surface area contributed by atoms with Crippen LogP contribution < -0.4 is 15.1 Å². The number of aromatic nitrogens is 1. The Balaban J connectivity index is 1.11. The molecule has 1 N–H and O–H groups in total. The molecule has 7 nitrogen and oxygen atoms in total. The summed E-state index contributed by atoms with van der Waals surface area (Å²) < 4.78 is 13.7. The maximum atomic E-state index is 12.4. The van der Waals surface area contributed by atoms with Crippen molar-refractivity contribution >= 4 is 17.8 Å². The fourth-order valence-electron chi connectivity index (χ4n) is 4.64. The normalized spacial score (nSPS) is 13.7. The number of carbonyl (C=O) groups is 1. The highest BCUT2D eigenvalue weighted by atomic mass is 16.5. The molecule has 190 valence electrons. The summed E-state index contributed by atoms with van der Waals surface area (Å²) in [5, 5.41) is 4.07. The van der Waals surface area contributed by atoms with E-state index in [-0.39, 0.29) is 12.4 Å². The van der Waals surface area contributed by atoms with E-state index >= 15 is 0 Å². The molecule has 0 unspecified atom stereocenters. The summed E-state index contributed by atoms with van der Waals surface area (Å²) in [5.41, 5.74) is 8.13. The fourth-order valence-corrected chi connectivity index (χ4v) is 4.64. The summed E-state index contributed by atoms with van der Waals surface area (Å²) in [6.45, 7) is 6.61. The van der Waals surface area contributed by atoms with Crippen LogP contribution >= 0.6 is 0 Å². The fraction of sp³-hybridized carbons (Fsp3) is 0.267. The number of hydrazone groups is 1. The zero-order valence-corrected chi connectivity index (χ0v) is 21.3. The van der Waals surface area contributed by atoms with Gasteiger partial charge in [0.15, 0.2) is 5.76 Å². The van der Waals surface area contributed by atoms with Gasteiger partial charge in [0.05, 0.1) is 6.21 Å². The van der Waals surface area contributed by atoms with Crippen molar-refractivity contribution in [2.75, 3.05) is 18.0 Å². The Morgan fingerprint density at radius 1 is 0.892 bits per heavy atom. The van der Waals surface area contributed by atoms with Crippen molar-refractivity contribution < 1.29 is 13.9 Å². The van der Waals surface area contributed by atoms with Gasteiger partial charge in [-0.05, 0) is 99.3 Å². The molecule has 5 rings (SSSR count). The number of hydrogen-bond donors (Lipinski definition) is 1. The first-order valence-electron chi connectivity index (χ1n) is 12.7. The zero-order chi connectivity index (χ0) is 25.6. The second-order valence-corrected chi connectivity index (χ2v) is 9.34. The van der Waals surface area contributed by atoms with Gasteiger partial charge in [-0.1, -0.05) is 12.1 Å². The van der Waals surface area contributed by atoms with E-state index in [2.05, 4.69) is 58.1 Å². The van der Waals surface area contributed by atoms with E-state index in [0.717, 1.165) is 30.1 Å². The topological polar surface area (TPSA) is 72.0 Å². The molecule has 0 aliphatic carbocycles. The lowest BCUT2D eigenvalue weighted by Crippen LogP contribution is -2.29. The van der Waals surface area contributed by atoms with E-state index in [1.807, 2.05) is 36.4 Å². The number of nitrogens with one attached hydrogen (secondary N) is 1. The maximum absolute atomic E-state index is 12.4. The Morgan fingerprint density at radius 2 is 1.57 bits per heavy atom. The molecule has 2 aromatic carbocycles. The van der Waals surface area contributed by atoms with Gasteiger partial charge in [-0.3, -0.25) is 4.79 Å². The minimum atomic E-state index is -0.408. The van der Waals surface area contributed by atoms with Gasteiger partial charge in [0.2, 0.25) is 0 Å². The second-order valence-electron chi connectivity index (χ2n) is 9.34. The molecule has 4 aromatic rings. The molecule has 1 amide bonds. The minimum Gasteiger partial charge on any atom is -0.486 e. The molecule has 0 saturated carbocycles. The lowest BCUT2D eigenvalue weighted by Gasteiger charge is -2.28. The monoisotopic (exact) mass is 496 g/mol. The second kappa shape index (κ2) is 11.2. The van der Waals surface area contributed by atoms with Gasteiger partial charge in [-0.2, -0.15) is 5.10 Å². The molecule has 3 heterocycles. The molecule has 0 atom stereocenters. The molecule has 1 saturated heterocycles. The number of piperidine rings is 1. The third kappa shape index (κ3) is 5.94. The Labute approximate surface area is 217 Å². The highest BCUT2D eigenvalue weighted by Crippen LogP contribution is 2.21. The SMILES string of the molecule is Cc1ccc(C)n1-c1ccc(OCc2ccc(C(=O)NN=Cc3ccc(N4CCCCC4)cc3)o2)cc1. The van der Waals surface area contributed by atoms with E-state index in [1.165, 1.54) is 36.3 Å². The molecule has 0 bridgehead atoms. The van der Waals surface area contributed by atoms with Crippen LogP contribution in [0.25, 0.3) is 5.69 Å². The summed E-state index contributed by atoms with van der Waals surface area (Å²) in [6.07, 6.45) is 5.44. The molecule has 1 aliphatic heterocycles. The average molecular weight is 497 g/mol. The highest BCUT2D eigenvalue weighted by molar-refractivity contribution is 5.92. The quantitative estimate of drug-likeness (QED) is 0.239. The lowest BCUT2D eigenvalue weighted by atomic mass is 10.1. The number of aryl methyl sites for hydroxylation is 2. The van der Waals surface area contributed by atoms with Crippen LogP contribution in [0.5, 0.6) is 5.75 Å². The van der Waals surface area contributed by atoms with Crippen molar-refractivity contribution in [3.8, 4) is 11.4 Å². The van der Waals surface area contributed by atoms with Gasteiger partial charge in [-0.15, -0.1) is 0 Å². The van der Waals surface area contributed by atoms with Crippen LogP contribution in [0, 0.1) is 13.8 Å². The molecule has 2 aromatic heterocycles. The lowest BCUT2D eigenvalue weighted by molar-refractivity contribution is 0.0923. The Hall–Kier alpha value is -4.26. The van der Waals surface area contributed by atoms with Crippen LogP contribution in [0.1, 0.15) is 52.5 Å². The molecule has 0 radical (unpaired) electrons. The standard InChI is InChI=1S/C30H32N4O3/c1-22-6-7-23(2)34(22)26-12-14-27(15-13-26)36-21-28-16-17-29(37-28)30(35)32-31-20-24-8-10-25(11-9-24)33-18-4-3-5-19-33/h6-17,20H,3-5,18-19,21H2,1-2H3,(H,32,35). The van der Waals surface area contributed by atoms with Crippen LogP contribution in [0.2, 0.25) is 0 Å². The number of nitrogens with zero attached hydrogens (tertiary/aromatic N) is 3. The van der Waals surface area contributed by atoms with Crippen molar-refractivity contribution in [1.29, 1.82) is 0 Å². The van der Waals surface area contributed by atoms with Gasteiger partial charge in [0.1, 0.15) is 18.1 Å². The number of hydrogen-bond acceptors (Lipinski definition) is 5. The van der Waals surface area contributed by atoms with Crippen molar-refractivity contribution in [3.63, 3.8) is 0 Å². The largest absolute Gasteiger partial charge is 0.486 e. The molecular formula is C30H32N4O3. The summed E-state index contributed by atoms with van der Waals surface area (Å²) in [5.74, 6) is 1.06. The molecule has 37 heavy (non-hydrogen) atoms. The summed E-state index contributed by atoms with van der Waals surface area (Å²) in [6, 6.07) is 23.7. The van der Waals surface area contributed by atoms with Gasteiger partial charge >= 0.3 is 5.91 Å². The van der Waals surface area contributed by atoms with Gasteiger partial charge in [0, 0.05) is 35.9 Å². The van der Waals surface area contributed by atoms with Crippen LogP contribution in [0.15, 0.2) is 82.3 Å². The van der Waals surface area contributed by atoms with E-state index < -0.39 is 5.91 Å². The van der Waals surface area contributed by atoms with Gasteiger partial charge in [-0.25, -0.2) is 5.43 Å². The average Bonchev–Trinajstić information content (AvgIpc) is 3.55. The van der Waals surface area contributed by atoms with E-state index in [9.17, 15) is 4.79 Å². The first-order valence-corrected chi connectivity index (χ1v) is 12.7. The highest BCUT2D eigenvalue weighted by Gasteiger charge is 2.12. The van der Waals surface area contributed by atoms with Crippen molar-refractivity contribution in [3.05, 3.63) is 101 Å². The Morgan fingerprint density at radius 3 is 2.27 bits per heavy atom. The van der Waals surface area contributed by atoms with E-state index in [0.29, 0.717) is 5.76 Å². The Bertz CT molecular complexity index is 1340. The number of benzene rings is 2. The first kappa shape index (κ1) is 24.4. The third-order valence-electron chi connectivity index (χ3n) is 6.63. The zero-order valence-electron chi connectivity index (χ0n) is 21.3. The maximum Gasteiger partial charge on any atom is 0.307 e. The van der Waals surface area contributed by atoms with Crippen LogP contribution in [0.3, 0.4) is 0 Å². The van der Waals surface area contributed by atoms with E-state index in [1.54, 1.807) is 18.3 Å². The van der Waals surface area contributed by atoms with Crippen LogP contribution in [-0.2, 0) is 6.61 Å². The Kier molecular flexibility index (Phi) is 7.40. The molecule has 0 spiro atoms. The number of anilines is 1. The third-order valence-corrected chi connectivity index (χ3v) is 6.63. The summed E-state index contributed by atoms with van der Waals surface area (Å²) in [4.78, 5) is 14.8. The van der Waals surface area contributed by atoms with Crippen molar-refractivity contribution in [2.24, 2.45) is 5.10 Å². The van der Waals surface area contributed by atoms with Crippen LogP contribution in [0.4, 0.5) is 5.69 Å². The number of amides is 1. The van der Waals surface area contributed by atoms with Gasteiger partial charge < -0.3 is 18.6 Å². The van der Waals surface area contributed by atoms with Crippen molar-refractivity contribution in [2.45, 2.75) is 39.7 Å². The molecule has 1 aliphatic rings. The number of furan rings is 1. The van der Waals surface area contributed by atoms with E-state index in [4.69, 9.17) is 9.15 Å². The molecule has 7 heteroatoms. The minimum absolute atomic E-state index is 0.185. The first-order chi connectivity index (χ1) is 18.1. The predicted octanol–water partition coefficient (Wildman–Crippen LogP) is 6.02. The number of ether oxygens (including phenoxy) is 1. The van der Waals surface area contributed by atoms with Gasteiger partial charge in [0.25, 0.3) is 0 Å². The summed E-state index contributed by atoms with van der Waals surface area (Å²) in [7, 11) is 0. The molecule has 1 fully saturated rings. The number of carbonyl (C=O) groups excluding carboxylic acids is 1. The molecular weight excluding hydrogens is 464 g/mol. The number of rotatable bonds is 8.